The number of carbonyl (C=O) groups excluding carboxylic acids is 5. The van der Waals surface area contributed by atoms with Crippen LogP contribution in [0.15, 0.2) is 41.5 Å². The fourth-order valence-electron chi connectivity index (χ4n) is 8.22. The summed E-state index contributed by atoms with van der Waals surface area (Å²) in [7, 11) is 0. The van der Waals surface area contributed by atoms with Crippen molar-refractivity contribution in [2.75, 3.05) is 6.61 Å². The third-order valence-electron chi connectivity index (χ3n) is 10.7. The van der Waals surface area contributed by atoms with Crippen molar-refractivity contribution in [1.82, 2.24) is 0 Å². The maximum absolute atomic E-state index is 15.0. The summed E-state index contributed by atoms with van der Waals surface area (Å²) in [6.07, 6.45) is -10.8. The zero-order valence-electron chi connectivity index (χ0n) is 26.9. The van der Waals surface area contributed by atoms with E-state index in [1.165, 1.54) is 39.8 Å². The van der Waals surface area contributed by atoms with Gasteiger partial charge in [0.25, 0.3) is 6.29 Å². The first-order valence-electron chi connectivity index (χ1n) is 15.3. The lowest BCUT2D eigenvalue weighted by molar-refractivity contribution is -0.346. The molecule has 1 aromatic carbocycles. The number of aliphatic hydroxyl groups excluding tert-OH is 2. The molecular formula is C33H40O14. The van der Waals surface area contributed by atoms with Gasteiger partial charge in [-0.3, -0.25) is 14.4 Å². The Hall–Kier alpha value is -3.69. The smallest absolute Gasteiger partial charge is 0.363 e. The number of ketones is 1. The second kappa shape index (κ2) is 11.8. The van der Waals surface area contributed by atoms with Crippen LogP contribution >= 0.6 is 0 Å². The van der Waals surface area contributed by atoms with Gasteiger partial charge in [0.1, 0.15) is 23.9 Å². The van der Waals surface area contributed by atoms with Gasteiger partial charge in [0.15, 0.2) is 17.5 Å². The second-order valence-corrected chi connectivity index (χ2v) is 13.6. The molecule has 4 N–H and O–H groups in total. The summed E-state index contributed by atoms with van der Waals surface area (Å²) in [6.45, 7) is 7.85. The number of carbonyl (C=O) groups is 5. The molecular weight excluding hydrogens is 620 g/mol. The van der Waals surface area contributed by atoms with Crippen molar-refractivity contribution in [3.05, 3.63) is 47.0 Å². The van der Waals surface area contributed by atoms with Gasteiger partial charge in [0, 0.05) is 32.1 Å². The lowest BCUT2D eigenvalue weighted by Crippen LogP contribution is -2.82. The van der Waals surface area contributed by atoms with Crippen LogP contribution in [0, 0.1) is 16.7 Å². The number of aliphatic hydroxyl groups is 4. The molecule has 0 spiro atoms. The van der Waals surface area contributed by atoms with Crippen LogP contribution < -0.4 is 0 Å². The van der Waals surface area contributed by atoms with Gasteiger partial charge in [-0.05, 0) is 37.1 Å². The van der Waals surface area contributed by atoms with Crippen LogP contribution in [0.1, 0.15) is 64.7 Å². The first kappa shape index (κ1) is 34.6. The molecule has 3 aliphatic carbocycles. The molecule has 0 aromatic heterocycles. The Morgan fingerprint density at radius 3 is 2.15 bits per heavy atom. The van der Waals surface area contributed by atoms with Gasteiger partial charge in [0.05, 0.1) is 29.6 Å². The summed E-state index contributed by atoms with van der Waals surface area (Å²) in [6, 6.07) is 7.79. The van der Waals surface area contributed by atoms with Crippen LogP contribution in [0.2, 0.25) is 0 Å². The zero-order valence-corrected chi connectivity index (χ0v) is 26.9. The number of Topliss-reactive ketones (excluding diaryl/α,β-unsaturated/α-hetero) is 1. The van der Waals surface area contributed by atoms with Crippen LogP contribution in [0.4, 0.5) is 0 Å². The number of hydrogen-bond acceptors (Lipinski definition) is 14. The molecule has 0 amide bonds. The van der Waals surface area contributed by atoms with E-state index in [9.17, 15) is 39.6 Å². The van der Waals surface area contributed by atoms with E-state index >= 15 is 4.79 Å². The Kier molecular flexibility index (Phi) is 8.68. The van der Waals surface area contributed by atoms with Crippen molar-refractivity contribution in [3.8, 4) is 0 Å². The van der Waals surface area contributed by atoms with E-state index in [-0.39, 0.29) is 29.7 Å². The van der Waals surface area contributed by atoms with Gasteiger partial charge in [-0.25, -0.2) is 9.59 Å². The summed E-state index contributed by atoms with van der Waals surface area (Å²) in [5.41, 5.74) is -7.42. The molecule has 9 atom stereocenters. The van der Waals surface area contributed by atoms with E-state index in [1.807, 2.05) is 0 Å². The van der Waals surface area contributed by atoms with Crippen LogP contribution in [-0.2, 0) is 42.9 Å². The van der Waals surface area contributed by atoms with Crippen LogP contribution in [-0.4, -0.2) is 105 Å². The molecule has 1 aliphatic heterocycles. The zero-order chi connectivity index (χ0) is 34.9. The fourth-order valence-corrected chi connectivity index (χ4v) is 8.22. The maximum Gasteiger partial charge on any atom is 0.363 e. The molecule has 47 heavy (non-hydrogen) atoms. The van der Waals surface area contributed by atoms with E-state index in [4.69, 9.17) is 23.7 Å². The van der Waals surface area contributed by atoms with Crippen molar-refractivity contribution in [3.63, 3.8) is 0 Å². The Balaban J connectivity index is 1.85. The SMILES string of the molecule is CC(=O)O[C@H]1C(=O)[C@@]2(C)[C@H]([C@H](OC(=O)c3ccccc3)[C@]3(O)C[C@H](OC(=O)C(O)O)C(C)=C1C3(C)C)[C@]1(OC(C)=O)CO[C@@H]1C[C@@H]2O. The quantitative estimate of drug-likeness (QED) is 0.142. The van der Waals surface area contributed by atoms with E-state index in [2.05, 4.69) is 0 Å². The van der Waals surface area contributed by atoms with Gasteiger partial charge >= 0.3 is 23.9 Å². The predicted octanol–water partition coefficient (Wildman–Crippen LogP) is 0.514. The molecule has 14 heteroatoms. The molecule has 1 aromatic rings. The van der Waals surface area contributed by atoms with Crippen molar-refractivity contribution >= 4 is 29.7 Å². The average Bonchev–Trinajstić information content (AvgIpc) is 2.98. The number of ether oxygens (including phenoxy) is 5. The largest absolute Gasteiger partial charge is 0.455 e. The predicted molar refractivity (Wildman–Crippen MR) is 157 cm³/mol. The number of esters is 4. The molecule has 1 heterocycles. The Bertz CT molecular complexity index is 1520. The van der Waals surface area contributed by atoms with Crippen LogP contribution in [0.25, 0.3) is 0 Å². The first-order valence-corrected chi connectivity index (χ1v) is 15.3. The van der Waals surface area contributed by atoms with Crippen molar-refractivity contribution < 1.29 is 68.1 Å². The topological polar surface area (TPSA) is 212 Å². The molecule has 2 bridgehead atoms. The van der Waals surface area contributed by atoms with Crippen molar-refractivity contribution in [2.45, 2.75) is 102 Å². The van der Waals surface area contributed by atoms with Crippen molar-refractivity contribution in [2.24, 2.45) is 16.7 Å². The van der Waals surface area contributed by atoms with Crippen LogP contribution in [0.5, 0.6) is 0 Å². The van der Waals surface area contributed by atoms with E-state index in [1.54, 1.807) is 18.2 Å². The Morgan fingerprint density at radius 2 is 1.62 bits per heavy atom. The standard InChI is InChI=1S/C33H40O14/c1-15-19(45-29(41)27(38)39)13-33(42)26(46-28(40)18-10-8-7-9-11-18)24-31(6,20(36)12-21-32(24,14-43-21)47-17(3)35)25(37)23(44-16(2)34)22(15)30(33,4)5/h7-11,19-21,23-24,26-27,36,38-39,42H,12-14H2,1-6H3/t19-,20-,21+,23+,24-,26-,31+,32-,33+/m0/s1. The minimum absolute atomic E-state index is 0.00201. The molecule has 1 saturated heterocycles. The highest BCUT2D eigenvalue weighted by Gasteiger charge is 2.78. The highest BCUT2D eigenvalue weighted by molar-refractivity contribution is 5.95. The minimum atomic E-state index is -2.54. The number of fused-ring (bicyclic) bond motifs is 5. The lowest BCUT2D eigenvalue weighted by Gasteiger charge is -2.67. The van der Waals surface area contributed by atoms with Gasteiger partial charge in [-0.2, -0.15) is 0 Å². The third kappa shape index (κ3) is 5.17. The Morgan fingerprint density at radius 1 is 0.979 bits per heavy atom. The highest BCUT2D eigenvalue weighted by Crippen LogP contribution is 2.64. The molecule has 0 unspecified atom stereocenters. The third-order valence-corrected chi connectivity index (χ3v) is 10.7. The molecule has 256 valence electrons. The summed E-state index contributed by atoms with van der Waals surface area (Å²) >= 11 is 0. The molecule has 4 aliphatic rings. The van der Waals surface area contributed by atoms with Crippen molar-refractivity contribution in [1.29, 1.82) is 0 Å². The molecule has 3 fully saturated rings. The molecule has 0 radical (unpaired) electrons. The molecule has 5 rings (SSSR count). The fraction of sp³-hybridized carbons (Fsp3) is 0.606. The highest BCUT2D eigenvalue weighted by atomic mass is 16.6. The monoisotopic (exact) mass is 660 g/mol. The summed E-state index contributed by atoms with van der Waals surface area (Å²) in [5, 5.41) is 44.0. The number of benzene rings is 1. The first-order chi connectivity index (χ1) is 21.8. The van der Waals surface area contributed by atoms with Gasteiger partial charge in [-0.15, -0.1) is 0 Å². The second-order valence-electron chi connectivity index (χ2n) is 13.6. The number of hydrogen-bond donors (Lipinski definition) is 4. The van der Waals surface area contributed by atoms with Crippen LogP contribution in [0.3, 0.4) is 0 Å². The Labute approximate surface area is 270 Å². The minimum Gasteiger partial charge on any atom is -0.455 e. The normalized spacial score (nSPS) is 37.3. The molecule has 2 saturated carbocycles. The van der Waals surface area contributed by atoms with E-state index in [0.717, 1.165) is 13.8 Å². The molecule has 14 nitrogen and oxygen atoms in total. The lowest BCUT2D eigenvalue weighted by atomic mass is 9.44. The van der Waals surface area contributed by atoms with Gasteiger partial charge in [0.2, 0.25) is 0 Å². The average molecular weight is 661 g/mol. The summed E-state index contributed by atoms with van der Waals surface area (Å²) < 4.78 is 29.0. The van der Waals surface area contributed by atoms with Gasteiger partial charge < -0.3 is 44.1 Å². The van der Waals surface area contributed by atoms with Gasteiger partial charge in [-0.1, -0.05) is 32.0 Å². The summed E-state index contributed by atoms with van der Waals surface area (Å²) in [5.74, 6) is -6.40. The number of rotatable bonds is 6. The van der Waals surface area contributed by atoms with E-state index < -0.39 is 101 Å². The van der Waals surface area contributed by atoms with E-state index in [0.29, 0.717) is 0 Å². The summed E-state index contributed by atoms with van der Waals surface area (Å²) in [4.78, 5) is 66.6. The maximum atomic E-state index is 15.0.